The normalized spacial score (nSPS) is 15.0. The molecule has 0 unspecified atom stereocenters. The molecule has 3 rings (SSSR count). The van der Waals surface area contributed by atoms with Gasteiger partial charge < -0.3 is 10.6 Å². The Morgan fingerprint density at radius 2 is 2.13 bits per heavy atom. The predicted molar refractivity (Wildman–Crippen MR) is 95.5 cm³/mol. The van der Waals surface area contributed by atoms with Gasteiger partial charge in [0, 0.05) is 10.2 Å². The summed E-state index contributed by atoms with van der Waals surface area (Å²) >= 11 is 9.26. The number of amides is 1. The summed E-state index contributed by atoms with van der Waals surface area (Å²) in [5, 5.41) is 14.7. The molecule has 6 nitrogen and oxygen atoms in total. The number of carbonyl (C=O) groups is 1. The van der Waals surface area contributed by atoms with Gasteiger partial charge in [0.2, 0.25) is 0 Å². The first-order valence-electron chi connectivity index (χ1n) is 7.02. The number of hydrogen-bond acceptors (Lipinski definition) is 4. The van der Waals surface area contributed by atoms with Crippen LogP contribution < -0.4 is 10.6 Å². The molecule has 1 aliphatic heterocycles. The van der Waals surface area contributed by atoms with E-state index >= 15 is 0 Å². The molecule has 1 fully saturated rings. The predicted octanol–water partition coefficient (Wildman–Crippen LogP) is 3.29. The monoisotopic (exact) mass is 419 g/mol. The quantitative estimate of drug-likeness (QED) is 0.798. The first kappa shape index (κ1) is 18.2. The molecule has 2 aromatic rings. The van der Waals surface area contributed by atoms with Crippen molar-refractivity contribution in [1.82, 2.24) is 20.3 Å². The zero-order valence-electron chi connectivity index (χ0n) is 12.1. The highest BCUT2D eigenvalue weighted by Crippen LogP contribution is 2.25. The van der Waals surface area contributed by atoms with Crippen LogP contribution in [-0.2, 0) is 0 Å². The molecule has 124 valence electrons. The van der Waals surface area contributed by atoms with Crippen molar-refractivity contribution in [3.05, 3.63) is 39.6 Å². The summed E-state index contributed by atoms with van der Waals surface area (Å²) in [6.07, 6.45) is 3.69. The molecule has 1 amide bonds. The number of hydrogen-bond donors (Lipinski definition) is 2. The highest BCUT2D eigenvalue weighted by atomic mass is 79.9. The summed E-state index contributed by atoms with van der Waals surface area (Å²) < 4.78 is 2.51. The standard InChI is InChI=1S/C14H15BrClN5O.ClH/c15-11-7-9(1-2-12(11)16)18-14(22)13-8-21(20-19-13)10-3-5-17-6-4-10;/h1-2,7-8,10,17H,3-6H2,(H,18,22);1H. The molecule has 1 aliphatic rings. The van der Waals surface area contributed by atoms with Gasteiger partial charge in [-0.25, -0.2) is 4.68 Å². The Bertz CT molecular complexity index is 688. The highest BCUT2D eigenvalue weighted by Gasteiger charge is 2.18. The minimum atomic E-state index is -0.283. The molecule has 9 heteroatoms. The Morgan fingerprint density at radius 3 is 2.83 bits per heavy atom. The maximum Gasteiger partial charge on any atom is 0.277 e. The van der Waals surface area contributed by atoms with E-state index in [1.807, 2.05) is 0 Å². The van der Waals surface area contributed by atoms with Crippen molar-refractivity contribution in [3.8, 4) is 0 Å². The van der Waals surface area contributed by atoms with Crippen LogP contribution in [0.2, 0.25) is 5.02 Å². The minimum Gasteiger partial charge on any atom is -0.321 e. The number of nitrogens with zero attached hydrogens (tertiary/aromatic N) is 3. The molecule has 0 bridgehead atoms. The van der Waals surface area contributed by atoms with Gasteiger partial charge in [0.15, 0.2) is 5.69 Å². The van der Waals surface area contributed by atoms with Gasteiger partial charge in [0.25, 0.3) is 5.91 Å². The average molecular weight is 421 g/mol. The van der Waals surface area contributed by atoms with E-state index in [9.17, 15) is 4.79 Å². The van der Waals surface area contributed by atoms with E-state index in [4.69, 9.17) is 11.6 Å². The zero-order chi connectivity index (χ0) is 15.5. The van der Waals surface area contributed by atoms with Crippen molar-refractivity contribution in [1.29, 1.82) is 0 Å². The molecular weight excluding hydrogens is 405 g/mol. The second-order valence-corrected chi connectivity index (χ2v) is 6.41. The molecule has 0 aliphatic carbocycles. The number of carbonyl (C=O) groups excluding carboxylic acids is 1. The number of rotatable bonds is 3. The fraction of sp³-hybridized carbons (Fsp3) is 0.357. The molecule has 0 atom stereocenters. The lowest BCUT2D eigenvalue weighted by molar-refractivity contribution is 0.102. The van der Waals surface area contributed by atoms with Crippen molar-refractivity contribution in [2.75, 3.05) is 18.4 Å². The van der Waals surface area contributed by atoms with E-state index in [0.717, 1.165) is 30.4 Å². The third-order valence-electron chi connectivity index (χ3n) is 3.60. The van der Waals surface area contributed by atoms with Crippen LogP contribution in [0.4, 0.5) is 5.69 Å². The van der Waals surface area contributed by atoms with E-state index in [-0.39, 0.29) is 18.3 Å². The summed E-state index contributed by atoms with van der Waals surface area (Å²) in [5.41, 5.74) is 0.960. The first-order valence-corrected chi connectivity index (χ1v) is 8.19. The molecule has 2 N–H and O–H groups in total. The minimum absolute atomic E-state index is 0. The third-order valence-corrected chi connectivity index (χ3v) is 4.82. The van der Waals surface area contributed by atoms with Gasteiger partial charge in [-0.1, -0.05) is 16.8 Å². The SMILES string of the molecule is Cl.O=C(Nc1ccc(Cl)c(Br)c1)c1cn(C2CCNCC2)nn1. The van der Waals surface area contributed by atoms with Crippen LogP contribution in [-0.4, -0.2) is 34.0 Å². The lowest BCUT2D eigenvalue weighted by atomic mass is 10.1. The maximum absolute atomic E-state index is 12.2. The van der Waals surface area contributed by atoms with Gasteiger partial charge in [-0.2, -0.15) is 0 Å². The van der Waals surface area contributed by atoms with Gasteiger partial charge in [-0.05, 0) is 60.1 Å². The lowest BCUT2D eigenvalue weighted by Crippen LogP contribution is -2.29. The molecule has 0 radical (unpaired) electrons. The number of aromatic nitrogens is 3. The van der Waals surface area contributed by atoms with Gasteiger partial charge in [-0.3, -0.25) is 4.79 Å². The fourth-order valence-electron chi connectivity index (χ4n) is 2.40. The number of piperidine rings is 1. The smallest absolute Gasteiger partial charge is 0.277 e. The summed E-state index contributed by atoms with van der Waals surface area (Å²) in [4.78, 5) is 12.2. The van der Waals surface area contributed by atoms with Crippen molar-refractivity contribution >= 4 is 51.5 Å². The Kier molecular flexibility index (Phi) is 6.41. The van der Waals surface area contributed by atoms with Gasteiger partial charge >= 0.3 is 0 Å². The number of halogens is 3. The summed E-state index contributed by atoms with van der Waals surface area (Å²) in [5.74, 6) is -0.283. The number of anilines is 1. The third kappa shape index (κ3) is 4.44. The van der Waals surface area contributed by atoms with E-state index in [1.165, 1.54) is 0 Å². The molecule has 2 heterocycles. The molecule has 0 saturated carbocycles. The van der Waals surface area contributed by atoms with E-state index in [0.29, 0.717) is 22.4 Å². The summed E-state index contributed by atoms with van der Waals surface area (Å²) in [6.45, 7) is 1.93. The highest BCUT2D eigenvalue weighted by molar-refractivity contribution is 9.10. The average Bonchev–Trinajstić information content (AvgIpc) is 3.02. The summed E-state index contributed by atoms with van der Waals surface area (Å²) in [7, 11) is 0. The van der Waals surface area contributed by atoms with Crippen LogP contribution in [0, 0.1) is 0 Å². The molecule has 23 heavy (non-hydrogen) atoms. The van der Waals surface area contributed by atoms with Crippen molar-refractivity contribution in [2.45, 2.75) is 18.9 Å². The second kappa shape index (κ2) is 8.10. The van der Waals surface area contributed by atoms with Crippen LogP contribution in [0.15, 0.2) is 28.9 Å². The van der Waals surface area contributed by atoms with Crippen molar-refractivity contribution in [2.24, 2.45) is 0 Å². The largest absolute Gasteiger partial charge is 0.321 e. The number of benzene rings is 1. The fourth-order valence-corrected chi connectivity index (χ4v) is 2.90. The molecule has 1 saturated heterocycles. The van der Waals surface area contributed by atoms with Crippen LogP contribution in [0.5, 0.6) is 0 Å². The molecule has 1 aromatic heterocycles. The van der Waals surface area contributed by atoms with E-state index < -0.39 is 0 Å². The van der Waals surface area contributed by atoms with Gasteiger partial charge in [0.1, 0.15) is 0 Å². The lowest BCUT2D eigenvalue weighted by Gasteiger charge is -2.22. The number of nitrogens with one attached hydrogen (secondary N) is 2. The first-order chi connectivity index (χ1) is 10.6. The Morgan fingerprint density at radius 1 is 1.39 bits per heavy atom. The topological polar surface area (TPSA) is 71.8 Å². The van der Waals surface area contributed by atoms with Crippen LogP contribution >= 0.6 is 39.9 Å². The van der Waals surface area contributed by atoms with Crippen LogP contribution in [0.1, 0.15) is 29.4 Å². The second-order valence-electron chi connectivity index (χ2n) is 5.15. The summed E-state index contributed by atoms with van der Waals surface area (Å²) in [6, 6.07) is 5.51. The maximum atomic E-state index is 12.2. The van der Waals surface area contributed by atoms with Gasteiger partial charge in [0.05, 0.1) is 17.3 Å². The van der Waals surface area contributed by atoms with Crippen LogP contribution in [0.25, 0.3) is 0 Å². The molecular formula is C14H16BrCl2N5O. The molecule has 1 aromatic carbocycles. The molecule has 0 spiro atoms. The van der Waals surface area contributed by atoms with Crippen molar-refractivity contribution in [3.63, 3.8) is 0 Å². The zero-order valence-corrected chi connectivity index (χ0v) is 15.3. The van der Waals surface area contributed by atoms with E-state index in [2.05, 4.69) is 36.9 Å². The van der Waals surface area contributed by atoms with E-state index in [1.54, 1.807) is 29.1 Å². The Hall–Kier alpha value is -1.15. The Balaban J connectivity index is 0.00000192. The Labute approximate surface area is 153 Å². The van der Waals surface area contributed by atoms with Crippen molar-refractivity contribution < 1.29 is 4.79 Å². The van der Waals surface area contributed by atoms with Crippen LogP contribution in [0.3, 0.4) is 0 Å². The van der Waals surface area contributed by atoms with Gasteiger partial charge in [-0.15, -0.1) is 17.5 Å².